The summed E-state index contributed by atoms with van der Waals surface area (Å²) in [6.45, 7) is 2.43. The van der Waals surface area contributed by atoms with Crippen molar-refractivity contribution in [1.29, 1.82) is 0 Å². The molecule has 0 unspecified atom stereocenters. The number of benzene rings is 3. The summed E-state index contributed by atoms with van der Waals surface area (Å²) in [6, 6.07) is 19.1. The maximum Gasteiger partial charge on any atom is 0.282 e. The summed E-state index contributed by atoms with van der Waals surface area (Å²) >= 11 is 0. The molecule has 32 heavy (non-hydrogen) atoms. The van der Waals surface area contributed by atoms with Crippen molar-refractivity contribution in [1.82, 2.24) is 0 Å². The van der Waals surface area contributed by atoms with Gasteiger partial charge in [-0.3, -0.25) is 9.59 Å². The largest absolute Gasteiger partial charge is 0.497 e. The van der Waals surface area contributed by atoms with Gasteiger partial charge in [-0.2, -0.15) is 0 Å². The number of amides is 2. The Balaban J connectivity index is 1.74. The van der Waals surface area contributed by atoms with E-state index in [1.807, 2.05) is 6.92 Å². The Bertz CT molecular complexity index is 1170. The van der Waals surface area contributed by atoms with Crippen LogP contribution in [0.2, 0.25) is 0 Å². The molecule has 1 N–H and O–H groups in total. The normalized spacial score (nSPS) is 13.5. The number of hydrogen-bond acceptors (Lipinski definition) is 5. The van der Waals surface area contributed by atoms with Crippen LogP contribution in [0.4, 0.5) is 15.8 Å². The van der Waals surface area contributed by atoms with Gasteiger partial charge in [-0.1, -0.05) is 12.1 Å². The third kappa shape index (κ3) is 4.05. The lowest BCUT2D eigenvalue weighted by atomic mass is 10.0. The molecule has 6 nitrogen and oxygen atoms in total. The minimum Gasteiger partial charge on any atom is -0.497 e. The number of nitrogens with one attached hydrogen (secondary N) is 1. The number of rotatable bonds is 7. The van der Waals surface area contributed by atoms with Crippen LogP contribution >= 0.6 is 0 Å². The van der Waals surface area contributed by atoms with Crippen molar-refractivity contribution < 1.29 is 23.5 Å². The third-order valence-electron chi connectivity index (χ3n) is 4.98. The first-order valence-corrected chi connectivity index (χ1v) is 10.0. The van der Waals surface area contributed by atoms with Crippen LogP contribution in [0.5, 0.6) is 11.5 Å². The van der Waals surface area contributed by atoms with Crippen LogP contribution < -0.4 is 19.7 Å². The fourth-order valence-electron chi connectivity index (χ4n) is 3.44. The highest BCUT2D eigenvalue weighted by Gasteiger charge is 2.40. The summed E-state index contributed by atoms with van der Waals surface area (Å²) in [7, 11) is 1.54. The van der Waals surface area contributed by atoms with Gasteiger partial charge in [0.25, 0.3) is 11.8 Å². The fraction of sp³-hybridized carbons (Fsp3) is 0.120. The molecule has 4 rings (SSSR count). The van der Waals surface area contributed by atoms with Gasteiger partial charge in [0.15, 0.2) is 0 Å². The second-order valence-corrected chi connectivity index (χ2v) is 6.98. The lowest BCUT2D eigenvalue weighted by Crippen LogP contribution is -2.32. The van der Waals surface area contributed by atoms with E-state index in [0.717, 1.165) is 4.90 Å². The zero-order chi connectivity index (χ0) is 22.7. The number of imide groups is 1. The Hall–Kier alpha value is -4.13. The fourth-order valence-corrected chi connectivity index (χ4v) is 3.44. The van der Waals surface area contributed by atoms with Gasteiger partial charge in [-0.25, -0.2) is 9.29 Å². The zero-order valence-corrected chi connectivity index (χ0v) is 17.6. The smallest absolute Gasteiger partial charge is 0.282 e. The summed E-state index contributed by atoms with van der Waals surface area (Å²) in [5.41, 5.74) is 1.74. The molecular weight excluding hydrogens is 411 g/mol. The van der Waals surface area contributed by atoms with Crippen LogP contribution in [0.25, 0.3) is 5.57 Å². The first-order valence-electron chi connectivity index (χ1n) is 10.0. The molecule has 0 radical (unpaired) electrons. The second-order valence-electron chi connectivity index (χ2n) is 6.98. The summed E-state index contributed by atoms with van der Waals surface area (Å²) in [4.78, 5) is 27.8. The van der Waals surface area contributed by atoms with Gasteiger partial charge in [0.05, 0.1) is 25.0 Å². The average Bonchev–Trinajstić information content (AvgIpc) is 3.05. The molecule has 0 saturated heterocycles. The minimum atomic E-state index is -0.506. The molecule has 0 aromatic heterocycles. The minimum absolute atomic E-state index is 0.113. The summed E-state index contributed by atoms with van der Waals surface area (Å²) in [5.74, 6) is -0.139. The standard InChI is InChI=1S/C25H21FN2O4/c1-3-32-21-12-8-18(9-13-21)27-23-22(16-4-6-17(26)7-5-16)24(29)28(25(23)30)19-10-14-20(31-2)15-11-19/h4-15,27H,3H2,1-2H3. The van der Waals surface area contributed by atoms with Crippen LogP contribution in [0, 0.1) is 5.82 Å². The predicted molar refractivity (Wildman–Crippen MR) is 120 cm³/mol. The van der Waals surface area contributed by atoms with Gasteiger partial charge < -0.3 is 14.8 Å². The molecular formula is C25H21FN2O4. The van der Waals surface area contributed by atoms with Gasteiger partial charge in [-0.15, -0.1) is 0 Å². The third-order valence-corrected chi connectivity index (χ3v) is 4.98. The topological polar surface area (TPSA) is 67.9 Å². The maximum atomic E-state index is 13.5. The monoisotopic (exact) mass is 432 g/mol. The molecule has 0 aliphatic carbocycles. The van der Waals surface area contributed by atoms with E-state index < -0.39 is 17.6 Å². The van der Waals surface area contributed by atoms with Gasteiger partial charge >= 0.3 is 0 Å². The van der Waals surface area contributed by atoms with Crippen LogP contribution in [0.1, 0.15) is 12.5 Å². The molecule has 0 saturated carbocycles. The first kappa shape index (κ1) is 21.1. The van der Waals surface area contributed by atoms with E-state index in [1.165, 1.54) is 31.4 Å². The number of carbonyl (C=O) groups is 2. The highest BCUT2D eigenvalue weighted by molar-refractivity contribution is 6.46. The maximum absolute atomic E-state index is 13.5. The zero-order valence-electron chi connectivity index (χ0n) is 17.6. The molecule has 1 heterocycles. The van der Waals surface area contributed by atoms with E-state index in [4.69, 9.17) is 9.47 Å². The quantitative estimate of drug-likeness (QED) is 0.552. The van der Waals surface area contributed by atoms with Crippen molar-refractivity contribution >= 4 is 28.8 Å². The molecule has 1 aliphatic heterocycles. The van der Waals surface area contributed by atoms with E-state index in [1.54, 1.807) is 48.5 Å². The molecule has 0 spiro atoms. The molecule has 3 aromatic carbocycles. The molecule has 3 aromatic rings. The Morgan fingerprint density at radius 2 is 1.47 bits per heavy atom. The van der Waals surface area contributed by atoms with E-state index in [0.29, 0.717) is 35.0 Å². The average molecular weight is 432 g/mol. The SMILES string of the molecule is CCOc1ccc(NC2=C(c3ccc(F)cc3)C(=O)N(c3ccc(OC)cc3)C2=O)cc1. The summed E-state index contributed by atoms with van der Waals surface area (Å²) in [6.07, 6.45) is 0. The van der Waals surface area contributed by atoms with Crippen molar-refractivity contribution in [3.05, 3.63) is 89.9 Å². The number of carbonyl (C=O) groups excluding carboxylic acids is 2. The van der Waals surface area contributed by atoms with E-state index >= 15 is 0 Å². The highest BCUT2D eigenvalue weighted by atomic mass is 19.1. The number of halogens is 1. The van der Waals surface area contributed by atoms with Crippen LogP contribution in [0.3, 0.4) is 0 Å². The molecule has 0 fully saturated rings. The van der Waals surface area contributed by atoms with Crippen molar-refractivity contribution in [2.75, 3.05) is 23.9 Å². The first-order chi connectivity index (χ1) is 15.5. The Morgan fingerprint density at radius 1 is 0.844 bits per heavy atom. The van der Waals surface area contributed by atoms with E-state index in [-0.39, 0.29) is 11.3 Å². The Labute approximate surface area is 184 Å². The van der Waals surface area contributed by atoms with Gasteiger partial charge in [0, 0.05) is 5.69 Å². The van der Waals surface area contributed by atoms with E-state index in [9.17, 15) is 14.0 Å². The van der Waals surface area contributed by atoms with Crippen LogP contribution in [-0.2, 0) is 9.59 Å². The molecule has 7 heteroatoms. The predicted octanol–water partition coefficient (Wildman–Crippen LogP) is 4.63. The van der Waals surface area contributed by atoms with Crippen molar-refractivity contribution in [3.63, 3.8) is 0 Å². The van der Waals surface area contributed by atoms with Crippen molar-refractivity contribution in [2.24, 2.45) is 0 Å². The van der Waals surface area contributed by atoms with Gasteiger partial charge in [-0.05, 0) is 73.2 Å². The van der Waals surface area contributed by atoms with Gasteiger partial charge in [0.1, 0.15) is 23.0 Å². The summed E-state index contributed by atoms with van der Waals surface area (Å²) < 4.78 is 24.1. The Morgan fingerprint density at radius 3 is 2.06 bits per heavy atom. The number of nitrogens with zero attached hydrogens (tertiary/aromatic N) is 1. The molecule has 162 valence electrons. The van der Waals surface area contributed by atoms with Gasteiger partial charge in [0.2, 0.25) is 0 Å². The molecule has 2 amide bonds. The highest BCUT2D eigenvalue weighted by Crippen LogP contribution is 2.34. The number of anilines is 2. The van der Waals surface area contributed by atoms with Crippen LogP contribution in [-0.4, -0.2) is 25.5 Å². The Kier molecular flexibility index (Phi) is 5.89. The lowest BCUT2D eigenvalue weighted by molar-refractivity contribution is -0.120. The molecule has 0 bridgehead atoms. The van der Waals surface area contributed by atoms with Crippen molar-refractivity contribution in [3.8, 4) is 11.5 Å². The summed E-state index contributed by atoms with van der Waals surface area (Å²) in [5, 5.41) is 3.07. The molecule has 1 aliphatic rings. The van der Waals surface area contributed by atoms with Crippen molar-refractivity contribution in [2.45, 2.75) is 6.92 Å². The van der Waals surface area contributed by atoms with Crippen LogP contribution in [0.15, 0.2) is 78.5 Å². The second kappa shape index (κ2) is 8.93. The molecule has 0 atom stereocenters. The number of ether oxygens (including phenoxy) is 2. The number of hydrogen-bond donors (Lipinski definition) is 1. The lowest BCUT2D eigenvalue weighted by Gasteiger charge is -2.16. The van der Waals surface area contributed by atoms with E-state index in [2.05, 4.69) is 5.32 Å². The number of methoxy groups -OCH3 is 1.